The molecule has 1 N–H and O–H groups in total. The maximum atomic E-state index is 12.3. The van der Waals surface area contributed by atoms with E-state index in [1.165, 1.54) is 12.8 Å². The Bertz CT molecular complexity index is 567. The van der Waals surface area contributed by atoms with E-state index in [0.717, 1.165) is 18.5 Å². The van der Waals surface area contributed by atoms with Crippen molar-refractivity contribution in [3.63, 3.8) is 0 Å². The Kier molecular flexibility index (Phi) is 4.32. The fourth-order valence-electron chi connectivity index (χ4n) is 3.17. The van der Waals surface area contributed by atoms with Gasteiger partial charge in [-0.3, -0.25) is 9.59 Å². The van der Waals surface area contributed by atoms with Crippen molar-refractivity contribution in [1.82, 2.24) is 5.32 Å². The topological polar surface area (TPSA) is 58.6 Å². The van der Waals surface area contributed by atoms with Crippen molar-refractivity contribution in [3.8, 4) is 5.75 Å². The molecule has 1 unspecified atom stereocenters. The van der Waals surface area contributed by atoms with Crippen molar-refractivity contribution < 1.29 is 14.3 Å². The molecule has 1 aliphatic carbocycles. The zero-order valence-corrected chi connectivity index (χ0v) is 12.9. The summed E-state index contributed by atoms with van der Waals surface area (Å²) >= 11 is 0. The molecule has 1 aliphatic heterocycles. The van der Waals surface area contributed by atoms with Crippen LogP contribution in [0.2, 0.25) is 0 Å². The third-order valence-corrected chi connectivity index (χ3v) is 4.36. The summed E-state index contributed by atoms with van der Waals surface area (Å²) in [4.78, 5) is 26.0. The molecule has 1 saturated carbocycles. The third-order valence-electron chi connectivity index (χ3n) is 4.36. The molecule has 3 rings (SSSR count). The van der Waals surface area contributed by atoms with Gasteiger partial charge in [-0.1, -0.05) is 25.0 Å². The lowest BCUT2D eigenvalue weighted by Gasteiger charge is -2.32. The van der Waals surface area contributed by atoms with E-state index in [4.69, 9.17) is 4.74 Å². The first-order valence-corrected chi connectivity index (χ1v) is 8.01. The molecule has 5 nitrogen and oxygen atoms in total. The summed E-state index contributed by atoms with van der Waals surface area (Å²) in [5, 5.41) is 3.06. The first kappa shape index (κ1) is 14.9. The summed E-state index contributed by atoms with van der Waals surface area (Å²) in [6.45, 7) is 2.13. The molecule has 1 fully saturated rings. The van der Waals surface area contributed by atoms with Crippen molar-refractivity contribution in [2.24, 2.45) is 0 Å². The quantitative estimate of drug-likeness (QED) is 0.928. The van der Waals surface area contributed by atoms with Crippen LogP contribution in [0.4, 0.5) is 5.69 Å². The summed E-state index contributed by atoms with van der Waals surface area (Å²) in [5.74, 6) is 0.634. The molecule has 0 aromatic heterocycles. The van der Waals surface area contributed by atoms with Crippen molar-refractivity contribution in [1.29, 1.82) is 0 Å². The van der Waals surface area contributed by atoms with Gasteiger partial charge in [0.15, 0.2) is 6.10 Å². The number of nitrogens with one attached hydrogen (secondary N) is 1. The average molecular weight is 302 g/mol. The van der Waals surface area contributed by atoms with Crippen LogP contribution in [0.1, 0.15) is 39.0 Å². The Balaban J connectivity index is 1.63. The van der Waals surface area contributed by atoms with Crippen LogP contribution in [0.25, 0.3) is 0 Å². The van der Waals surface area contributed by atoms with Gasteiger partial charge >= 0.3 is 0 Å². The van der Waals surface area contributed by atoms with E-state index in [0.29, 0.717) is 24.8 Å². The normalized spacial score (nSPS) is 21.4. The Morgan fingerprint density at radius 3 is 2.82 bits per heavy atom. The number of amides is 2. The lowest BCUT2D eigenvalue weighted by molar-refractivity contribution is -0.125. The van der Waals surface area contributed by atoms with Crippen LogP contribution in [0.3, 0.4) is 0 Å². The number of fused-ring (bicyclic) bond motifs is 1. The molecule has 1 atom stereocenters. The van der Waals surface area contributed by atoms with Crippen LogP contribution in [0.15, 0.2) is 24.3 Å². The molecule has 1 heterocycles. The zero-order valence-electron chi connectivity index (χ0n) is 12.9. The zero-order chi connectivity index (χ0) is 15.5. The second kappa shape index (κ2) is 6.38. The van der Waals surface area contributed by atoms with Gasteiger partial charge in [0.1, 0.15) is 5.75 Å². The first-order chi connectivity index (χ1) is 10.6. The van der Waals surface area contributed by atoms with Crippen LogP contribution >= 0.6 is 0 Å². The maximum absolute atomic E-state index is 12.3. The highest BCUT2D eigenvalue weighted by molar-refractivity contribution is 6.00. The smallest absolute Gasteiger partial charge is 0.267 e. The Morgan fingerprint density at radius 2 is 2.05 bits per heavy atom. The molecule has 1 aromatic rings. The average Bonchev–Trinajstić information content (AvgIpc) is 3.00. The van der Waals surface area contributed by atoms with E-state index in [1.54, 1.807) is 11.8 Å². The number of carbonyl (C=O) groups excluding carboxylic acids is 2. The second-order valence-electron chi connectivity index (χ2n) is 6.02. The van der Waals surface area contributed by atoms with Gasteiger partial charge in [0, 0.05) is 19.0 Å². The predicted molar refractivity (Wildman–Crippen MR) is 83.9 cm³/mol. The fourth-order valence-corrected chi connectivity index (χ4v) is 3.17. The number of hydrogen-bond acceptors (Lipinski definition) is 3. The summed E-state index contributed by atoms with van der Waals surface area (Å²) in [6.07, 6.45) is 4.34. The van der Waals surface area contributed by atoms with Crippen molar-refractivity contribution in [2.45, 2.75) is 51.2 Å². The van der Waals surface area contributed by atoms with Crippen molar-refractivity contribution in [2.75, 3.05) is 11.4 Å². The summed E-state index contributed by atoms with van der Waals surface area (Å²) < 4.78 is 5.60. The molecule has 118 valence electrons. The second-order valence-corrected chi connectivity index (χ2v) is 6.02. The van der Waals surface area contributed by atoms with Crippen LogP contribution in [0.5, 0.6) is 5.75 Å². The Morgan fingerprint density at radius 1 is 1.32 bits per heavy atom. The molecular formula is C17H22N2O3. The molecule has 5 heteroatoms. The number of ether oxygens (including phenoxy) is 1. The van der Waals surface area contributed by atoms with Gasteiger partial charge in [-0.25, -0.2) is 0 Å². The molecule has 0 saturated heterocycles. The number of benzene rings is 1. The van der Waals surface area contributed by atoms with Crippen LogP contribution in [0, 0.1) is 0 Å². The molecular weight excluding hydrogens is 280 g/mol. The lowest BCUT2D eigenvalue weighted by Crippen LogP contribution is -2.46. The molecule has 1 aromatic carbocycles. The summed E-state index contributed by atoms with van der Waals surface area (Å²) in [6, 6.07) is 7.78. The van der Waals surface area contributed by atoms with Gasteiger partial charge in [-0.15, -0.1) is 0 Å². The predicted octanol–water partition coefficient (Wildman–Crippen LogP) is 2.25. The van der Waals surface area contributed by atoms with Crippen LogP contribution in [-0.4, -0.2) is 30.5 Å². The van der Waals surface area contributed by atoms with Gasteiger partial charge in [0.05, 0.1) is 5.69 Å². The number of hydrogen-bond donors (Lipinski definition) is 1. The van der Waals surface area contributed by atoms with E-state index < -0.39 is 6.10 Å². The van der Waals surface area contributed by atoms with Crippen LogP contribution in [-0.2, 0) is 9.59 Å². The van der Waals surface area contributed by atoms with Gasteiger partial charge in [0.25, 0.3) is 5.91 Å². The summed E-state index contributed by atoms with van der Waals surface area (Å²) in [7, 11) is 0. The number of anilines is 1. The number of para-hydroxylation sites is 2. The highest BCUT2D eigenvalue weighted by atomic mass is 16.5. The molecule has 0 spiro atoms. The summed E-state index contributed by atoms with van der Waals surface area (Å²) in [5.41, 5.74) is 0.749. The van der Waals surface area contributed by atoms with Crippen molar-refractivity contribution in [3.05, 3.63) is 24.3 Å². The molecule has 0 bridgehead atoms. The van der Waals surface area contributed by atoms with Crippen molar-refractivity contribution >= 4 is 17.5 Å². The largest absolute Gasteiger partial charge is 0.479 e. The molecule has 2 aliphatic rings. The minimum Gasteiger partial charge on any atom is -0.479 e. The Hall–Kier alpha value is -2.04. The highest BCUT2D eigenvalue weighted by Crippen LogP contribution is 2.33. The molecule has 2 amide bonds. The van der Waals surface area contributed by atoms with Crippen LogP contribution < -0.4 is 15.0 Å². The van der Waals surface area contributed by atoms with E-state index >= 15 is 0 Å². The fraction of sp³-hybridized carbons (Fsp3) is 0.529. The molecule has 0 radical (unpaired) electrons. The van der Waals surface area contributed by atoms with E-state index in [9.17, 15) is 9.59 Å². The first-order valence-electron chi connectivity index (χ1n) is 8.01. The number of rotatable bonds is 4. The van der Waals surface area contributed by atoms with Gasteiger partial charge in [-0.05, 0) is 31.9 Å². The van der Waals surface area contributed by atoms with E-state index in [-0.39, 0.29) is 11.8 Å². The lowest BCUT2D eigenvalue weighted by atomic mass is 10.1. The highest BCUT2D eigenvalue weighted by Gasteiger charge is 2.31. The monoisotopic (exact) mass is 302 g/mol. The number of nitrogens with zero attached hydrogens (tertiary/aromatic N) is 1. The third kappa shape index (κ3) is 3.08. The van der Waals surface area contributed by atoms with E-state index in [2.05, 4.69) is 5.32 Å². The Labute approximate surface area is 130 Å². The van der Waals surface area contributed by atoms with Gasteiger partial charge in [0.2, 0.25) is 5.91 Å². The van der Waals surface area contributed by atoms with E-state index in [1.807, 2.05) is 24.3 Å². The SMILES string of the molecule is CC1Oc2ccccc2N(CCC(=O)NC2CCCC2)C1=O. The standard InChI is InChI=1S/C17H22N2O3/c1-12-17(21)19(14-8-4-5-9-15(14)22-12)11-10-16(20)18-13-6-2-3-7-13/h4-5,8-9,12-13H,2-3,6-7,10-11H2,1H3,(H,18,20). The van der Waals surface area contributed by atoms with Gasteiger partial charge in [-0.2, -0.15) is 0 Å². The molecule has 22 heavy (non-hydrogen) atoms. The number of carbonyl (C=O) groups is 2. The van der Waals surface area contributed by atoms with Gasteiger partial charge < -0.3 is 15.0 Å². The minimum atomic E-state index is -0.507. The minimum absolute atomic E-state index is 0.0244. The maximum Gasteiger partial charge on any atom is 0.267 e.